The smallest absolute Gasteiger partial charge is 0.0614 e. The first-order valence-electron chi connectivity index (χ1n) is 11.7. The van der Waals surface area contributed by atoms with Gasteiger partial charge in [-0.3, -0.25) is 5.56 Å². The van der Waals surface area contributed by atoms with E-state index in [9.17, 15) is 0 Å². The zero-order valence-corrected chi connectivity index (χ0v) is 25.5. The Morgan fingerprint density at radius 2 is 1.37 bits per heavy atom. The summed E-state index contributed by atoms with van der Waals surface area (Å²) in [4.78, 5) is 8.87. The summed E-state index contributed by atoms with van der Waals surface area (Å²) in [5, 5.41) is 2.38. The second kappa shape index (κ2) is 13.2. The molecule has 0 amide bonds. The van der Waals surface area contributed by atoms with Crippen LogP contribution in [0.25, 0.3) is 44.4 Å². The van der Waals surface area contributed by atoms with E-state index in [1.807, 2.05) is 85.1 Å². The molecule has 0 aliphatic carbocycles. The number of ether oxygens (including phenoxy) is 1. The van der Waals surface area contributed by atoms with Crippen LogP contribution in [0.4, 0.5) is 0 Å². The maximum Gasteiger partial charge on any atom is 0.0614 e. The SMILES string of the molecule is [Ir].[Y].[c-]1ccccc1-c1[c-]cnc2c1OCc1ccc[c-]c1-2.[c-]1ccccc1-c1cc2ccccc2cn1. The van der Waals surface area contributed by atoms with Crippen LogP contribution in [0.2, 0.25) is 0 Å². The van der Waals surface area contributed by atoms with Gasteiger partial charge in [0.15, 0.2) is 0 Å². The molecule has 0 saturated carbocycles. The van der Waals surface area contributed by atoms with Crippen molar-refractivity contribution in [1.29, 1.82) is 0 Å². The van der Waals surface area contributed by atoms with Crippen LogP contribution in [0.15, 0.2) is 109 Å². The molecule has 0 fully saturated rings. The van der Waals surface area contributed by atoms with Crippen molar-refractivity contribution >= 4 is 10.8 Å². The third-order valence-electron chi connectivity index (χ3n) is 5.99. The first-order chi connectivity index (χ1) is 17.9. The molecule has 5 heteroatoms. The summed E-state index contributed by atoms with van der Waals surface area (Å²) in [7, 11) is 0. The molecule has 3 heterocycles. The largest absolute Gasteiger partial charge is 0.572 e. The van der Waals surface area contributed by atoms with Crippen LogP contribution >= 0.6 is 0 Å². The summed E-state index contributed by atoms with van der Waals surface area (Å²) in [6, 6.07) is 44.8. The van der Waals surface area contributed by atoms with Crippen molar-refractivity contribution in [3.63, 3.8) is 0 Å². The Hall–Kier alpha value is -3.01. The molecule has 1 aliphatic heterocycles. The molecule has 0 bridgehead atoms. The molecule has 2 aromatic heterocycles. The summed E-state index contributed by atoms with van der Waals surface area (Å²) >= 11 is 0. The second-order valence-electron chi connectivity index (χ2n) is 8.28. The van der Waals surface area contributed by atoms with Gasteiger partial charge in [-0.05, 0) is 27.9 Å². The molecular formula is C33H20IrN2OY-4. The molecular weight excluding hydrogens is 721 g/mol. The van der Waals surface area contributed by atoms with Crippen molar-refractivity contribution in [2.45, 2.75) is 6.61 Å². The minimum atomic E-state index is 0. The minimum absolute atomic E-state index is 0. The molecule has 4 aromatic carbocycles. The molecule has 0 saturated heterocycles. The Kier molecular flexibility index (Phi) is 9.71. The van der Waals surface area contributed by atoms with E-state index in [0.717, 1.165) is 45.0 Å². The van der Waals surface area contributed by atoms with Crippen molar-refractivity contribution in [2.24, 2.45) is 0 Å². The van der Waals surface area contributed by atoms with Gasteiger partial charge in [0.25, 0.3) is 0 Å². The Labute approximate surface area is 261 Å². The maximum atomic E-state index is 5.90. The van der Waals surface area contributed by atoms with Gasteiger partial charge < -0.3 is 14.7 Å². The van der Waals surface area contributed by atoms with E-state index >= 15 is 0 Å². The Morgan fingerprint density at radius 3 is 2.13 bits per heavy atom. The molecule has 3 nitrogen and oxygen atoms in total. The summed E-state index contributed by atoms with van der Waals surface area (Å²) < 4.78 is 5.90. The topological polar surface area (TPSA) is 35.0 Å². The number of hydrogen-bond donors (Lipinski definition) is 0. The van der Waals surface area contributed by atoms with E-state index in [2.05, 4.69) is 52.4 Å². The normalized spacial score (nSPS) is 10.8. The number of nitrogens with zero attached hydrogens (tertiary/aromatic N) is 2. The van der Waals surface area contributed by atoms with Crippen LogP contribution in [-0.4, -0.2) is 9.97 Å². The molecule has 0 atom stereocenters. The number of pyridine rings is 2. The molecule has 1 aliphatic rings. The van der Waals surface area contributed by atoms with Crippen LogP contribution < -0.4 is 4.74 Å². The van der Waals surface area contributed by atoms with Crippen molar-refractivity contribution in [3.05, 3.63) is 139 Å². The van der Waals surface area contributed by atoms with E-state index < -0.39 is 0 Å². The van der Waals surface area contributed by atoms with Crippen molar-refractivity contribution < 1.29 is 57.6 Å². The zero-order chi connectivity index (χ0) is 24.2. The molecule has 6 aromatic rings. The molecule has 0 N–H and O–H groups in total. The van der Waals surface area contributed by atoms with E-state index in [4.69, 9.17) is 4.74 Å². The summed E-state index contributed by atoms with van der Waals surface area (Å²) in [6.45, 7) is 0.541. The monoisotopic (exact) mass is 742 g/mol. The van der Waals surface area contributed by atoms with Crippen LogP contribution in [0.5, 0.6) is 5.75 Å². The number of benzene rings is 4. The Bertz CT molecular complexity index is 1630. The Balaban J connectivity index is 0.000000172. The molecule has 184 valence electrons. The third-order valence-corrected chi connectivity index (χ3v) is 5.99. The number of fused-ring (bicyclic) bond motifs is 4. The van der Waals surface area contributed by atoms with E-state index in [1.165, 1.54) is 10.8 Å². The second-order valence-corrected chi connectivity index (χ2v) is 8.28. The fraction of sp³-hybridized carbons (Fsp3) is 0.0303. The van der Waals surface area contributed by atoms with E-state index in [-0.39, 0.29) is 52.8 Å². The molecule has 38 heavy (non-hydrogen) atoms. The van der Waals surface area contributed by atoms with Gasteiger partial charge in [0.05, 0.1) is 6.61 Å². The van der Waals surface area contributed by atoms with E-state index in [1.54, 1.807) is 6.20 Å². The average Bonchev–Trinajstić information content (AvgIpc) is 2.98. The van der Waals surface area contributed by atoms with Gasteiger partial charge >= 0.3 is 0 Å². The van der Waals surface area contributed by atoms with Crippen molar-refractivity contribution in [1.82, 2.24) is 9.97 Å². The van der Waals surface area contributed by atoms with Gasteiger partial charge in [0, 0.05) is 59.0 Å². The first kappa shape index (κ1) is 28.0. The number of rotatable bonds is 2. The Morgan fingerprint density at radius 1 is 0.658 bits per heavy atom. The van der Waals surface area contributed by atoms with Gasteiger partial charge in [-0.15, -0.1) is 71.8 Å². The molecule has 2 radical (unpaired) electrons. The van der Waals surface area contributed by atoms with Gasteiger partial charge in [-0.2, -0.15) is 12.1 Å². The predicted octanol–water partition coefficient (Wildman–Crippen LogP) is 7.41. The third kappa shape index (κ3) is 6.00. The summed E-state index contributed by atoms with van der Waals surface area (Å²) in [6.07, 6.45) is 3.60. The van der Waals surface area contributed by atoms with Crippen LogP contribution in [0.3, 0.4) is 0 Å². The van der Waals surface area contributed by atoms with Crippen LogP contribution in [0.1, 0.15) is 5.56 Å². The quantitative estimate of drug-likeness (QED) is 0.174. The summed E-state index contributed by atoms with van der Waals surface area (Å²) in [5.74, 6) is 0.768. The zero-order valence-electron chi connectivity index (χ0n) is 20.3. The van der Waals surface area contributed by atoms with Gasteiger partial charge in [-0.1, -0.05) is 42.1 Å². The van der Waals surface area contributed by atoms with Crippen LogP contribution in [-0.2, 0) is 59.4 Å². The number of aromatic nitrogens is 2. The standard InChI is InChI=1S/C18H10NO.C15H10N.Ir.Y/c1-2-6-13(7-3-1)16-10-11-19-17-15-9-5-4-8-14(15)12-20-18(16)17;1-2-6-12(7-3-1)15-10-13-8-4-5-9-14(13)11-16-15;;/h1-6,8,11H,12H2;1-6,8-11H;;/q-3;-1;;. The van der Waals surface area contributed by atoms with Gasteiger partial charge in [0.2, 0.25) is 0 Å². The minimum Gasteiger partial charge on any atom is -0.572 e. The van der Waals surface area contributed by atoms with Gasteiger partial charge in [-0.25, -0.2) is 23.8 Å². The molecule has 0 unspecified atom stereocenters. The number of hydrogen-bond acceptors (Lipinski definition) is 3. The van der Waals surface area contributed by atoms with Crippen LogP contribution in [0, 0.1) is 24.3 Å². The molecule has 0 spiro atoms. The van der Waals surface area contributed by atoms with Gasteiger partial charge in [0.1, 0.15) is 0 Å². The average molecular weight is 742 g/mol. The molecule has 7 rings (SSSR count). The van der Waals surface area contributed by atoms with Crippen molar-refractivity contribution in [3.8, 4) is 39.4 Å². The van der Waals surface area contributed by atoms with E-state index in [0.29, 0.717) is 6.61 Å². The fourth-order valence-electron chi connectivity index (χ4n) is 4.22. The first-order valence-corrected chi connectivity index (χ1v) is 11.7. The maximum absolute atomic E-state index is 5.90. The fourth-order valence-corrected chi connectivity index (χ4v) is 4.22. The summed E-state index contributed by atoms with van der Waals surface area (Å²) in [5.41, 5.74) is 6.83. The predicted molar refractivity (Wildman–Crippen MR) is 142 cm³/mol. The van der Waals surface area contributed by atoms with Crippen molar-refractivity contribution in [2.75, 3.05) is 0 Å².